The number of nitrogens with zero attached hydrogens (tertiary/aromatic N) is 2. The predicted molar refractivity (Wildman–Crippen MR) is 123 cm³/mol. The first-order chi connectivity index (χ1) is 13.9. The third kappa shape index (κ3) is 2.68. The van der Waals surface area contributed by atoms with Gasteiger partial charge in [0.15, 0.2) is 0 Å². The highest BCUT2D eigenvalue weighted by Crippen LogP contribution is 2.36. The van der Waals surface area contributed by atoms with Crippen molar-refractivity contribution < 1.29 is 0 Å². The van der Waals surface area contributed by atoms with Gasteiger partial charge in [-0.25, -0.2) is 4.99 Å². The summed E-state index contributed by atoms with van der Waals surface area (Å²) >= 11 is 1.78. The van der Waals surface area contributed by atoms with Gasteiger partial charge in [0.25, 0.3) is 0 Å². The Hall–Kier alpha value is -3.43. The van der Waals surface area contributed by atoms with Crippen molar-refractivity contribution in [3.05, 3.63) is 103 Å². The Balaban J connectivity index is 1.69. The van der Waals surface area contributed by atoms with Crippen molar-refractivity contribution >= 4 is 55.1 Å². The van der Waals surface area contributed by atoms with Gasteiger partial charge in [0.1, 0.15) is 0 Å². The summed E-state index contributed by atoms with van der Waals surface area (Å²) in [6.45, 7) is 3.93. The molecule has 0 amide bonds. The Bertz CT molecular complexity index is 1370. The van der Waals surface area contributed by atoms with Gasteiger partial charge in [0.05, 0.1) is 17.4 Å². The molecule has 2 aromatic heterocycles. The lowest BCUT2D eigenvalue weighted by molar-refractivity contribution is 1.31. The first-order valence-electron chi connectivity index (χ1n) is 9.17. The van der Waals surface area contributed by atoms with Crippen LogP contribution in [0.15, 0.2) is 102 Å². The lowest BCUT2D eigenvalue weighted by Crippen LogP contribution is -1.94. The van der Waals surface area contributed by atoms with Crippen LogP contribution in [0.2, 0.25) is 0 Å². The van der Waals surface area contributed by atoms with Crippen LogP contribution < -0.4 is 0 Å². The number of benzene rings is 3. The van der Waals surface area contributed by atoms with Crippen molar-refractivity contribution in [2.75, 3.05) is 0 Å². The molecule has 0 aliphatic heterocycles. The normalized spacial score (nSPS) is 12.5. The van der Waals surface area contributed by atoms with E-state index in [4.69, 9.17) is 0 Å². The third-order valence-corrected chi connectivity index (χ3v) is 5.91. The van der Waals surface area contributed by atoms with Crippen LogP contribution in [0.4, 0.5) is 0 Å². The second-order valence-electron chi connectivity index (χ2n) is 6.60. The van der Waals surface area contributed by atoms with Gasteiger partial charge in [-0.15, -0.1) is 11.3 Å². The Labute approximate surface area is 167 Å². The molecule has 2 heterocycles. The number of fused-ring (bicyclic) bond motifs is 5. The average Bonchev–Trinajstić information content (AvgIpc) is 3.34. The summed E-state index contributed by atoms with van der Waals surface area (Å²) < 4.78 is 3.48. The summed E-state index contributed by atoms with van der Waals surface area (Å²) in [4.78, 5) is 4.64. The molecule has 0 fully saturated rings. The standard InChI is InChI=1S/C25H18N2S/c1-2-18(19-8-4-3-5-9-19)16-26-17-27-22-11-7-6-10-20(22)25-21-14-15-28-24(21)13-12-23(25)27/h2-17H,1H2/b18-16+,26-17+. The molecule has 0 aliphatic rings. The number of allylic oxidation sites excluding steroid dienone is 2. The third-order valence-electron chi connectivity index (χ3n) is 5.03. The van der Waals surface area contributed by atoms with Crippen LogP contribution in [-0.2, 0) is 0 Å². The largest absolute Gasteiger partial charge is 0.300 e. The molecule has 3 aromatic carbocycles. The molecule has 0 N–H and O–H groups in total. The van der Waals surface area contributed by atoms with Gasteiger partial charge in [0.2, 0.25) is 0 Å². The molecule has 0 radical (unpaired) electrons. The fraction of sp³-hybridized carbons (Fsp3) is 0. The smallest absolute Gasteiger partial charge is 0.0996 e. The van der Waals surface area contributed by atoms with E-state index in [-0.39, 0.29) is 0 Å². The molecule has 0 unspecified atom stereocenters. The van der Waals surface area contributed by atoms with E-state index >= 15 is 0 Å². The second kappa shape index (κ2) is 6.95. The van der Waals surface area contributed by atoms with Gasteiger partial charge in [-0.3, -0.25) is 4.57 Å². The zero-order valence-electron chi connectivity index (χ0n) is 15.2. The molecule has 0 aliphatic carbocycles. The van der Waals surface area contributed by atoms with Crippen molar-refractivity contribution in [1.82, 2.24) is 4.57 Å². The highest BCUT2D eigenvalue weighted by atomic mass is 32.1. The lowest BCUT2D eigenvalue weighted by atomic mass is 10.1. The minimum atomic E-state index is 0.998. The molecular formula is C25H18N2S. The Kier molecular flexibility index (Phi) is 4.15. The van der Waals surface area contributed by atoms with Crippen LogP contribution in [0.3, 0.4) is 0 Å². The SMILES string of the molecule is C=C/C(=C\N=C\n1c2ccccc2c2c3ccsc3ccc21)c1ccccc1. The molecule has 134 valence electrons. The molecule has 0 bridgehead atoms. The average molecular weight is 379 g/mol. The van der Waals surface area contributed by atoms with Gasteiger partial charge in [-0.2, -0.15) is 0 Å². The molecule has 0 atom stereocenters. The Morgan fingerprint density at radius 3 is 2.54 bits per heavy atom. The lowest BCUT2D eigenvalue weighted by Gasteiger charge is -2.01. The van der Waals surface area contributed by atoms with Crippen LogP contribution in [0.5, 0.6) is 0 Å². The molecule has 0 saturated heterocycles. The molecule has 0 saturated carbocycles. The highest BCUT2D eigenvalue weighted by molar-refractivity contribution is 7.17. The van der Waals surface area contributed by atoms with Crippen molar-refractivity contribution in [3.8, 4) is 0 Å². The maximum atomic E-state index is 4.64. The number of aromatic nitrogens is 1. The monoisotopic (exact) mass is 378 g/mol. The molecule has 2 nitrogen and oxygen atoms in total. The maximum absolute atomic E-state index is 4.64. The number of aliphatic imine (C=N–C) groups is 1. The van der Waals surface area contributed by atoms with Crippen LogP contribution in [0, 0.1) is 0 Å². The topological polar surface area (TPSA) is 17.3 Å². The minimum absolute atomic E-state index is 0.998. The van der Waals surface area contributed by atoms with Gasteiger partial charge in [-0.05, 0) is 40.8 Å². The molecule has 5 rings (SSSR count). The summed E-state index contributed by atoms with van der Waals surface area (Å²) in [5, 5.41) is 6.00. The summed E-state index contributed by atoms with van der Waals surface area (Å²) in [6, 6.07) is 25.3. The second-order valence-corrected chi connectivity index (χ2v) is 7.55. The number of hydrogen-bond donors (Lipinski definition) is 0. The summed E-state index contributed by atoms with van der Waals surface area (Å²) in [6.07, 6.45) is 5.61. The zero-order chi connectivity index (χ0) is 18.9. The number of hydrogen-bond acceptors (Lipinski definition) is 2. The molecule has 3 heteroatoms. The van der Waals surface area contributed by atoms with E-state index in [0.29, 0.717) is 0 Å². The highest BCUT2D eigenvalue weighted by Gasteiger charge is 2.12. The fourth-order valence-corrected chi connectivity index (χ4v) is 4.52. The van der Waals surface area contributed by atoms with Gasteiger partial charge < -0.3 is 0 Å². The first kappa shape index (κ1) is 16.7. The van der Waals surface area contributed by atoms with Crippen LogP contribution in [-0.4, -0.2) is 10.9 Å². The quantitative estimate of drug-likeness (QED) is 0.180. The fourth-order valence-electron chi connectivity index (χ4n) is 3.72. The van der Waals surface area contributed by atoms with Crippen molar-refractivity contribution in [2.45, 2.75) is 0 Å². The first-order valence-corrected chi connectivity index (χ1v) is 10.0. The van der Waals surface area contributed by atoms with E-state index in [1.54, 1.807) is 11.3 Å². The molecule has 28 heavy (non-hydrogen) atoms. The summed E-state index contributed by atoms with van der Waals surface area (Å²) in [5.74, 6) is 0. The van der Waals surface area contributed by atoms with Crippen LogP contribution >= 0.6 is 11.3 Å². The van der Waals surface area contributed by atoms with Crippen molar-refractivity contribution in [3.63, 3.8) is 0 Å². The van der Waals surface area contributed by atoms with E-state index < -0.39 is 0 Å². The maximum Gasteiger partial charge on any atom is 0.0996 e. The van der Waals surface area contributed by atoms with Gasteiger partial charge >= 0.3 is 0 Å². The van der Waals surface area contributed by atoms with E-state index in [2.05, 4.69) is 76.1 Å². The molecule has 0 spiro atoms. The van der Waals surface area contributed by atoms with Crippen LogP contribution in [0.25, 0.3) is 37.5 Å². The Morgan fingerprint density at radius 1 is 0.857 bits per heavy atom. The van der Waals surface area contributed by atoms with Crippen molar-refractivity contribution in [2.24, 2.45) is 4.99 Å². The van der Waals surface area contributed by atoms with Crippen LogP contribution in [0.1, 0.15) is 5.56 Å². The summed E-state index contributed by atoms with van der Waals surface area (Å²) in [7, 11) is 0. The number of rotatable bonds is 4. The van der Waals surface area contributed by atoms with E-state index in [1.807, 2.05) is 36.8 Å². The number of para-hydroxylation sites is 1. The minimum Gasteiger partial charge on any atom is -0.300 e. The van der Waals surface area contributed by atoms with Gasteiger partial charge in [0, 0.05) is 27.1 Å². The zero-order valence-corrected chi connectivity index (χ0v) is 16.1. The van der Waals surface area contributed by atoms with E-state index in [1.165, 1.54) is 26.4 Å². The number of thiophene rings is 1. The summed E-state index contributed by atoms with van der Waals surface area (Å²) in [5.41, 5.74) is 4.44. The Morgan fingerprint density at radius 2 is 1.68 bits per heavy atom. The van der Waals surface area contributed by atoms with Crippen molar-refractivity contribution in [1.29, 1.82) is 0 Å². The van der Waals surface area contributed by atoms with E-state index in [9.17, 15) is 0 Å². The molecule has 5 aromatic rings. The predicted octanol–water partition coefficient (Wildman–Crippen LogP) is 7.11. The van der Waals surface area contributed by atoms with E-state index in [0.717, 1.165) is 16.7 Å². The van der Waals surface area contributed by atoms with Gasteiger partial charge in [-0.1, -0.05) is 61.2 Å². The molecular weight excluding hydrogens is 360 g/mol.